The quantitative estimate of drug-likeness (QED) is 0.924. The molecule has 0 aliphatic carbocycles. The van der Waals surface area contributed by atoms with Crippen molar-refractivity contribution in [3.05, 3.63) is 66.0 Å². The molecule has 0 fully saturated rings. The molecule has 0 saturated carbocycles. The molecule has 4 nitrogen and oxygen atoms in total. The summed E-state index contributed by atoms with van der Waals surface area (Å²) in [4.78, 5) is 14.0. The van der Waals surface area contributed by atoms with Gasteiger partial charge < -0.3 is 5.11 Å². The first-order valence-electron chi connectivity index (χ1n) is 6.28. The predicted octanol–water partition coefficient (Wildman–Crippen LogP) is 3.05. The Morgan fingerprint density at radius 1 is 1.15 bits per heavy atom. The Bertz CT molecular complexity index is 518. The first kappa shape index (κ1) is 15.4. The highest BCUT2D eigenvalue weighted by atomic mass is 16.4. The first-order valence-corrected chi connectivity index (χ1v) is 6.28. The van der Waals surface area contributed by atoms with Gasteiger partial charge in [0, 0.05) is 18.8 Å². The van der Waals surface area contributed by atoms with Gasteiger partial charge in [-0.1, -0.05) is 18.2 Å². The van der Waals surface area contributed by atoms with Crippen LogP contribution in [-0.4, -0.2) is 16.1 Å². The number of aromatic nitrogens is 1. The van der Waals surface area contributed by atoms with Crippen molar-refractivity contribution < 1.29 is 9.90 Å². The summed E-state index contributed by atoms with van der Waals surface area (Å²) in [5.74, 6) is -0.765. The fourth-order valence-electron chi connectivity index (χ4n) is 1.50. The molecule has 1 aromatic heterocycles. The number of benzene rings is 1. The molecule has 0 unspecified atom stereocenters. The van der Waals surface area contributed by atoms with Crippen LogP contribution in [0.3, 0.4) is 0 Å². The SMILES string of the molecule is N#Cc1ccc(CCCC(=O)O)cc1.c1ccncc1. The van der Waals surface area contributed by atoms with Crippen molar-refractivity contribution in [3.8, 4) is 6.07 Å². The van der Waals surface area contributed by atoms with E-state index >= 15 is 0 Å². The number of carbonyl (C=O) groups is 1. The van der Waals surface area contributed by atoms with Crippen LogP contribution in [0.25, 0.3) is 0 Å². The second kappa shape index (κ2) is 9.29. The second-order valence-corrected chi connectivity index (χ2v) is 4.08. The summed E-state index contributed by atoms with van der Waals surface area (Å²) < 4.78 is 0. The summed E-state index contributed by atoms with van der Waals surface area (Å²) in [5.41, 5.74) is 1.71. The number of nitrogens with zero attached hydrogens (tertiary/aromatic N) is 2. The summed E-state index contributed by atoms with van der Waals surface area (Å²) in [6, 6.07) is 15.0. The van der Waals surface area contributed by atoms with Crippen LogP contribution in [0.2, 0.25) is 0 Å². The third kappa shape index (κ3) is 6.92. The number of nitriles is 1. The molecule has 0 amide bonds. The Balaban J connectivity index is 0.000000276. The third-order valence-electron chi connectivity index (χ3n) is 2.51. The lowest BCUT2D eigenvalue weighted by molar-refractivity contribution is -0.137. The standard InChI is InChI=1S/C11H11NO2.C5H5N/c12-8-10-6-4-9(5-7-10)2-1-3-11(13)14;1-2-4-6-5-3-1/h4-7H,1-3H2,(H,13,14);1-5H. The van der Waals surface area contributed by atoms with Crippen LogP contribution in [-0.2, 0) is 11.2 Å². The number of carboxylic acid groups (broad SMARTS) is 1. The minimum Gasteiger partial charge on any atom is -0.481 e. The van der Waals surface area contributed by atoms with Gasteiger partial charge in [-0.05, 0) is 42.7 Å². The van der Waals surface area contributed by atoms with Gasteiger partial charge in [-0.25, -0.2) is 0 Å². The predicted molar refractivity (Wildman–Crippen MR) is 76.0 cm³/mol. The molecule has 1 aromatic carbocycles. The molecule has 0 aliphatic heterocycles. The fraction of sp³-hybridized carbons (Fsp3) is 0.188. The van der Waals surface area contributed by atoms with Gasteiger partial charge in [0.2, 0.25) is 0 Å². The van der Waals surface area contributed by atoms with Crippen molar-refractivity contribution >= 4 is 5.97 Å². The fourth-order valence-corrected chi connectivity index (χ4v) is 1.50. The Morgan fingerprint density at radius 2 is 1.80 bits per heavy atom. The van der Waals surface area contributed by atoms with Gasteiger partial charge in [0.1, 0.15) is 0 Å². The number of hydrogen-bond acceptors (Lipinski definition) is 3. The van der Waals surface area contributed by atoms with Crippen molar-refractivity contribution in [2.24, 2.45) is 0 Å². The van der Waals surface area contributed by atoms with Crippen molar-refractivity contribution in [3.63, 3.8) is 0 Å². The lowest BCUT2D eigenvalue weighted by atomic mass is 10.1. The lowest BCUT2D eigenvalue weighted by Crippen LogP contribution is -1.95. The average molecular weight is 268 g/mol. The molecular weight excluding hydrogens is 252 g/mol. The Morgan fingerprint density at radius 3 is 2.20 bits per heavy atom. The number of aryl methyl sites for hydroxylation is 1. The number of rotatable bonds is 4. The van der Waals surface area contributed by atoms with E-state index < -0.39 is 5.97 Å². The summed E-state index contributed by atoms with van der Waals surface area (Å²) in [6.45, 7) is 0. The molecule has 0 aliphatic rings. The molecule has 2 aromatic rings. The van der Waals surface area contributed by atoms with E-state index in [0.717, 1.165) is 12.0 Å². The van der Waals surface area contributed by atoms with E-state index in [0.29, 0.717) is 12.0 Å². The van der Waals surface area contributed by atoms with Gasteiger partial charge in [-0.15, -0.1) is 0 Å². The molecule has 0 spiro atoms. The monoisotopic (exact) mass is 268 g/mol. The summed E-state index contributed by atoms with van der Waals surface area (Å²) in [7, 11) is 0. The van der Waals surface area contributed by atoms with Crippen LogP contribution in [0.1, 0.15) is 24.0 Å². The molecule has 4 heteroatoms. The van der Waals surface area contributed by atoms with Crippen LogP contribution < -0.4 is 0 Å². The zero-order valence-corrected chi connectivity index (χ0v) is 11.1. The Hall–Kier alpha value is -2.67. The van der Waals surface area contributed by atoms with Crippen LogP contribution in [0, 0.1) is 11.3 Å². The van der Waals surface area contributed by atoms with E-state index in [2.05, 4.69) is 4.98 Å². The van der Waals surface area contributed by atoms with Gasteiger partial charge in [0.05, 0.1) is 11.6 Å². The molecule has 0 bridgehead atoms. The van der Waals surface area contributed by atoms with Gasteiger partial charge in [-0.3, -0.25) is 9.78 Å². The van der Waals surface area contributed by atoms with Gasteiger partial charge in [0.25, 0.3) is 0 Å². The van der Waals surface area contributed by atoms with E-state index in [1.165, 1.54) is 0 Å². The summed E-state index contributed by atoms with van der Waals surface area (Å²) in [5, 5.41) is 17.0. The van der Waals surface area contributed by atoms with Crippen LogP contribution in [0.15, 0.2) is 54.9 Å². The molecule has 1 heterocycles. The second-order valence-electron chi connectivity index (χ2n) is 4.08. The van der Waals surface area contributed by atoms with E-state index in [-0.39, 0.29) is 6.42 Å². The molecule has 1 N–H and O–H groups in total. The third-order valence-corrected chi connectivity index (χ3v) is 2.51. The number of pyridine rings is 1. The molecule has 20 heavy (non-hydrogen) atoms. The first-order chi connectivity index (χ1) is 9.72. The summed E-state index contributed by atoms with van der Waals surface area (Å²) >= 11 is 0. The van der Waals surface area contributed by atoms with Crippen LogP contribution in [0.4, 0.5) is 0 Å². The smallest absolute Gasteiger partial charge is 0.303 e. The zero-order chi connectivity index (χ0) is 14.6. The van der Waals surface area contributed by atoms with E-state index in [9.17, 15) is 4.79 Å². The number of hydrogen-bond donors (Lipinski definition) is 1. The Labute approximate surface area is 118 Å². The molecule has 0 saturated heterocycles. The molecule has 2 rings (SSSR count). The Kier molecular flexibility index (Phi) is 7.14. The van der Waals surface area contributed by atoms with E-state index in [4.69, 9.17) is 10.4 Å². The van der Waals surface area contributed by atoms with Gasteiger partial charge in [0.15, 0.2) is 0 Å². The maximum Gasteiger partial charge on any atom is 0.303 e. The summed E-state index contributed by atoms with van der Waals surface area (Å²) in [6.07, 6.45) is 5.08. The molecular formula is C16H16N2O2. The van der Waals surface area contributed by atoms with Crippen molar-refractivity contribution in [2.45, 2.75) is 19.3 Å². The van der Waals surface area contributed by atoms with Crippen LogP contribution >= 0.6 is 0 Å². The highest BCUT2D eigenvalue weighted by Gasteiger charge is 1.98. The maximum atomic E-state index is 10.2. The minimum absolute atomic E-state index is 0.194. The van der Waals surface area contributed by atoms with E-state index in [1.807, 2.05) is 36.4 Å². The highest BCUT2D eigenvalue weighted by Crippen LogP contribution is 2.07. The van der Waals surface area contributed by atoms with Crippen molar-refractivity contribution in [1.29, 1.82) is 5.26 Å². The lowest BCUT2D eigenvalue weighted by Gasteiger charge is -1.98. The van der Waals surface area contributed by atoms with Gasteiger partial charge >= 0.3 is 5.97 Å². The maximum absolute atomic E-state index is 10.2. The molecule has 0 atom stereocenters. The number of carboxylic acids is 1. The van der Waals surface area contributed by atoms with E-state index in [1.54, 1.807) is 24.5 Å². The number of aliphatic carboxylic acids is 1. The van der Waals surface area contributed by atoms with Gasteiger partial charge in [-0.2, -0.15) is 5.26 Å². The highest BCUT2D eigenvalue weighted by molar-refractivity contribution is 5.66. The van der Waals surface area contributed by atoms with Crippen molar-refractivity contribution in [2.75, 3.05) is 0 Å². The van der Waals surface area contributed by atoms with Crippen molar-refractivity contribution in [1.82, 2.24) is 4.98 Å². The molecule has 0 radical (unpaired) electrons. The van der Waals surface area contributed by atoms with Crippen LogP contribution in [0.5, 0.6) is 0 Å². The zero-order valence-electron chi connectivity index (χ0n) is 11.1. The average Bonchev–Trinajstić information content (AvgIpc) is 2.50. The largest absolute Gasteiger partial charge is 0.481 e. The minimum atomic E-state index is -0.765. The normalized spacial score (nSPS) is 8.95. The topological polar surface area (TPSA) is 74.0 Å². The molecule has 102 valence electrons.